The molecule has 4 heterocycles. The smallest absolute Gasteiger partial charge is 0.335 e. The SMILES string of the molecule is O=C(O)c1ccc2nc(Cc3cc(F)c(-c4cccc(OCc5ccn(C(F)C(F)F)n5)n4)cc3F)n(CC3CCO3)c2c1. The van der Waals surface area contributed by atoms with Crippen LogP contribution < -0.4 is 4.74 Å². The molecule has 0 radical (unpaired) electrons. The van der Waals surface area contributed by atoms with E-state index < -0.39 is 30.3 Å². The van der Waals surface area contributed by atoms with Crippen LogP contribution in [0.4, 0.5) is 22.0 Å². The maximum absolute atomic E-state index is 15.4. The number of halogens is 5. The Morgan fingerprint density at radius 3 is 2.61 bits per heavy atom. The summed E-state index contributed by atoms with van der Waals surface area (Å²) < 4.78 is 82.8. The number of fused-ring (bicyclic) bond motifs is 1. The Labute approximate surface area is 246 Å². The van der Waals surface area contributed by atoms with E-state index in [1.54, 1.807) is 10.6 Å². The minimum absolute atomic E-state index is 0.0271. The molecule has 0 aliphatic carbocycles. The summed E-state index contributed by atoms with van der Waals surface area (Å²) in [6, 6.07) is 12.4. The number of benzene rings is 2. The third-order valence-corrected chi connectivity index (χ3v) is 7.23. The molecule has 0 bridgehead atoms. The Morgan fingerprint density at radius 2 is 1.89 bits per heavy atom. The molecular formula is C30H24F5N5O4. The normalized spacial score (nSPS) is 15.5. The molecule has 14 heteroatoms. The Bertz CT molecular complexity index is 1840. The number of carbonyl (C=O) groups is 1. The van der Waals surface area contributed by atoms with Crippen molar-refractivity contribution in [2.75, 3.05) is 6.61 Å². The first kappa shape index (κ1) is 29.2. The van der Waals surface area contributed by atoms with Crippen molar-refractivity contribution >= 4 is 17.0 Å². The second kappa shape index (κ2) is 12.0. The topological polar surface area (TPSA) is 104 Å². The number of alkyl halides is 3. The van der Waals surface area contributed by atoms with Crippen molar-refractivity contribution in [1.82, 2.24) is 24.3 Å². The van der Waals surface area contributed by atoms with Crippen LogP contribution in [-0.4, -0.2) is 54.5 Å². The van der Waals surface area contributed by atoms with Crippen molar-refractivity contribution in [3.63, 3.8) is 0 Å². The second-order valence-corrected chi connectivity index (χ2v) is 10.2. The molecule has 6 rings (SSSR count). The fourth-order valence-electron chi connectivity index (χ4n) is 4.87. The zero-order valence-corrected chi connectivity index (χ0v) is 22.8. The van der Waals surface area contributed by atoms with E-state index in [0.717, 1.165) is 24.8 Å². The van der Waals surface area contributed by atoms with Gasteiger partial charge in [-0.1, -0.05) is 6.07 Å². The number of carboxylic acid groups (broad SMARTS) is 1. The van der Waals surface area contributed by atoms with Crippen molar-refractivity contribution in [3.8, 4) is 17.1 Å². The van der Waals surface area contributed by atoms with Gasteiger partial charge in [-0.3, -0.25) is 0 Å². The zero-order chi connectivity index (χ0) is 31.0. The standard InChI is InChI=1S/C30H24F5N5O4/c31-21-13-20(23-2-1-3-27(37-23)44-15-18-6-8-40(38-18)29(35)28(33)34)22(32)10-17(21)12-26-36-24-5-4-16(30(41)42)11-25(24)39(26)14-19-7-9-43-19/h1-6,8,10-11,13,19,28-29H,7,9,12,14-15H2,(H,41,42). The van der Waals surface area contributed by atoms with E-state index in [9.17, 15) is 23.1 Å². The van der Waals surface area contributed by atoms with Crippen LogP contribution in [0.2, 0.25) is 0 Å². The number of imidazole rings is 1. The second-order valence-electron chi connectivity index (χ2n) is 10.2. The minimum atomic E-state index is -3.24. The third-order valence-electron chi connectivity index (χ3n) is 7.23. The average Bonchev–Trinajstić information content (AvgIpc) is 3.59. The summed E-state index contributed by atoms with van der Waals surface area (Å²) in [5, 5.41) is 13.2. The van der Waals surface area contributed by atoms with Gasteiger partial charge in [0.05, 0.1) is 34.9 Å². The summed E-state index contributed by atoms with van der Waals surface area (Å²) in [4.78, 5) is 20.3. The number of pyridine rings is 1. The van der Waals surface area contributed by atoms with Gasteiger partial charge in [0.2, 0.25) is 5.88 Å². The van der Waals surface area contributed by atoms with E-state index in [-0.39, 0.29) is 53.1 Å². The molecule has 0 saturated carbocycles. The number of rotatable bonds is 11. The summed E-state index contributed by atoms with van der Waals surface area (Å²) in [6.45, 7) is 0.768. The van der Waals surface area contributed by atoms with Crippen LogP contribution >= 0.6 is 0 Å². The number of aromatic carboxylic acids is 1. The molecule has 2 aromatic carbocycles. The highest BCUT2D eigenvalue weighted by Gasteiger charge is 2.24. The molecule has 44 heavy (non-hydrogen) atoms. The van der Waals surface area contributed by atoms with Crippen LogP contribution in [0.15, 0.2) is 60.8 Å². The quantitative estimate of drug-likeness (QED) is 0.183. The van der Waals surface area contributed by atoms with Gasteiger partial charge in [0.1, 0.15) is 29.8 Å². The maximum Gasteiger partial charge on any atom is 0.335 e. The van der Waals surface area contributed by atoms with E-state index in [0.29, 0.717) is 34.7 Å². The first-order valence-corrected chi connectivity index (χ1v) is 13.5. The van der Waals surface area contributed by atoms with Gasteiger partial charge >= 0.3 is 5.97 Å². The number of hydrogen-bond acceptors (Lipinski definition) is 6. The van der Waals surface area contributed by atoms with Crippen LogP contribution in [0.25, 0.3) is 22.3 Å². The molecule has 1 N–H and O–H groups in total. The monoisotopic (exact) mass is 613 g/mol. The van der Waals surface area contributed by atoms with Gasteiger partial charge in [-0.15, -0.1) is 0 Å². The molecule has 1 fully saturated rings. The van der Waals surface area contributed by atoms with Gasteiger partial charge in [0.25, 0.3) is 12.7 Å². The van der Waals surface area contributed by atoms with Gasteiger partial charge in [-0.2, -0.15) is 5.10 Å². The van der Waals surface area contributed by atoms with Gasteiger partial charge < -0.3 is 19.1 Å². The number of aromatic nitrogens is 5. The molecule has 228 valence electrons. The van der Waals surface area contributed by atoms with Crippen molar-refractivity contribution in [1.29, 1.82) is 0 Å². The summed E-state index contributed by atoms with van der Waals surface area (Å²) in [6.07, 6.45) is -4.13. The fraction of sp³-hybridized carbons (Fsp3) is 0.267. The summed E-state index contributed by atoms with van der Waals surface area (Å²) in [5.74, 6) is -2.09. The highest BCUT2D eigenvalue weighted by Crippen LogP contribution is 2.29. The summed E-state index contributed by atoms with van der Waals surface area (Å²) >= 11 is 0. The summed E-state index contributed by atoms with van der Waals surface area (Å²) in [5.41, 5.74) is 1.31. The van der Waals surface area contributed by atoms with Gasteiger partial charge in [-0.25, -0.2) is 41.4 Å². The molecule has 0 amide bonds. The average molecular weight is 614 g/mol. The largest absolute Gasteiger partial charge is 0.478 e. The maximum atomic E-state index is 15.4. The number of carboxylic acids is 1. The van der Waals surface area contributed by atoms with Gasteiger partial charge in [0, 0.05) is 30.9 Å². The molecule has 3 aromatic heterocycles. The predicted octanol–water partition coefficient (Wildman–Crippen LogP) is 5.96. The lowest BCUT2D eigenvalue weighted by Crippen LogP contribution is -2.31. The van der Waals surface area contributed by atoms with Crippen LogP contribution in [0, 0.1) is 11.6 Å². The van der Waals surface area contributed by atoms with Crippen molar-refractivity contribution in [2.24, 2.45) is 0 Å². The highest BCUT2D eigenvalue weighted by molar-refractivity contribution is 5.92. The van der Waals surface area contributed by atoms with Crippen molar-refractivity contribution in [2.45, 2.75) is 44.8 Å². The van der Waals surface area contributed by atoms with Crippen LogP contribution in [0.3, 0.4) is 0 Å². The molecule has 0 spiro atoms. The van der Waals surface area contributed by atoms with Crippen LogP contribution in [-0.2, 0) is 24.3 Å². The molecule has 9 nitrogen and oxygen atoms in total. The molecule has 1 aliphatic heterocycles. The Balaban J connectivity index is 1.23. The van der Waals surface area contributed by atoms with E-state index in [4.69, 9.17) is 9.47 Å². The Morgan fingerprint density at radius 1 is 1.07 bits per heavy atom. The van der Waals surface area contributed by atoms with Crippen molar-refractivity contribution in [3.05, 3.63) is 95.1 Å². The first-order chi connectivity index (χ1) is 21.2. The lowest BCUT2D eigenvalue weighted by molar-refractivity contribution is -0.0589. The first-order valence-electron chi connectivity index (χ1n) is 13.5. The van der Waals surface area contributed by atoms with Crippen molar-refractivity contribution < 1.29 is 41.3 Å². The third kappa shape index (κ3) is 5.97. The summed E-state index contributed by atoms with van der Waals surface area (Å²) in [7, 11) is 0. The van der Waals surface area contributed by atoms with Crippen LogP contribution in [0.1, 0.15) is 40.2 Å². The number of ether oxygens (including phenoxy) is 2. The van der Waals surface area contributed by atoms with E-state index in [1.807, 2.05) is 0 Å². The van der Waals surface area contributed by atoms with E-state index in [2.05, 4.69) is 15.1 Å². The molecule has 2 atom stereocenters. The molecule has 1 saturated heterocycles. The minimum Gasteiger partial charge on any atom is -0.478 e. The molecular weight excluding hydrogens is 589 g/mol. The number of nitrogens with zero attached hydrogens (tertiary/aromatic N) is 5. The van der Waals surface area contributed by atoms with Gasteiger partial charge in [0.15, 0.2) is 0 Å². The lowest BCUT2D eigenvalue weighted by atomic mass is 10.0. The lowest BCUT2D eigenvalue weighted by Gasteiger charge is -2.27. The Hall–Kier alpha value is -4.85. The molecule has 5 aromatic rings. The number of hydrogen-bond donors (Lipinski definition) is 1. The molecule has 1 aliphatic rings. The van der Waals surface area contributed by atoms with E-state index in [1.165, 1.54) is 36.4 Å². The highest BCUT2D eigenvalue weighted by atomic mass is 19.3. The van der Waals surface area contributed by atoms with Gasteiger partial charge in [-0.05, 0) is 54.4 Å². The van der Waals surface area contributed by atoms with E-state index >= 15 is 8.78 Å². The molecule has 2 unspecified atom stereocenters. The Kier molecular flexibility index (Phi) is 7.99. The predicted molar refractivity (Wildman–Crippen MR) is 146 cm³/mol. The fourth-order valence-corrected chi connectivity index (χ4v) is 4.87. The van der Waals surface area contributed by atoms with Crippen LogP contribution in [0.5, 0.6) is 5.88 Å². The zero-order valence-electron chi connectivity index (χ0n) is 22.8.